The highest BCUT2D eigenvalue weighted by atomic mass is 32.1. The van der Waals surface area contributed by atoms with Gasteiger partial charge in [-0.05, 0) is 30.4 Å². The molecule has 0 aliphatic carbocycles. The average Bonchev–Trinajstić information content (AvgIpc) is 2.47. The van der Waals surface area contributed by atoms with Gasteiger partial charge in [-0.1, -0.05) is 12.1 Å². The predicted octanol–water partition coefficient (Wildman–Crippen LogP) is 3.82. The van der Waals surface area contributed by atoms with Gasteiger partial charge in [-0.25, -0.2) is 4.98 Å². The molecule has 1 heterocycles. The quantitative estimate of drug-likeness (QED) is 0.501. The molecule has 2 aromatic rings. The van der Waals surface area contributed by atoms with Gasteiger partial charge in [0.05, 0.1) is 16.2 Å². The highest BCUT2D eigenvalue weighted by Crippen LogP contribution is 2.34. The number of benzene rings is 1. The van der Waals surface area contributed by atoms with Crippen molar-refractivity contribution in [2.75, 3.05) is 10.6 Å². The fourth-order valence-electron chi connectivity index (χ4n) is 1.68. The number of nitro groups is 1. The molecule has 0 saturated heterocycles. The van der Waals surface area contributed by atoms with Gasteiger partial charge in [0.1, 0.15) is 12.0 Å². The Labute approximate surface area is 133 Å². The summed E-state index contributed by atoms with van der Waals surface area (Å²) in [5, 5.41) is 15.4. The molecule has 0 unspecified atom stereocenters. The number of aromatic nitrogens is 1. The summed E-state index contributed by atoms with van der Waals surface area (Å²) in [5.41, 5.74) is -1.28. The highest BCUT2D eigenvalue weighted by Gasteiger charge is 2.33. The van der Waals surface area contributed by atoms with Crippen LogP contribution in [-0.2, 0) is 6.18 Å². The van der Waals surface area contributed by atoms with Gasteiger partial charge < -0.3 is 10.6 Å². The van der Waals surface area contributed by atoms with Gasteiger partial charge in [-0.3, -0.25) is 10.1 Å². The van der Waals surface area contributed by atoms with Crippen molar-refractivity contribution in [1.29, 1.82) is 0 Å². The maximum atomic E-state index is 12.9. The first-order valence-corrected chi connectivity index (χ1v) is 6.53. The van der Waals surface area contributed by atoms with Crippen LogP contribution in [0.15, 0.2) is 42.6 Å². The zero-order chi connectivity index (χ0) is 17.0. The van der Waals surface area contributed by atoms with E-state index in [2.05, 4.69) is 15.6 Å². The minimum Gasteiger partial charge on any atom is -0.332 e. The average molecular weight is 342 g/mol. The van der Waals surface area contributed by atoms with Crippen LogP contribution in [0.4, 0.5) is 30.4 Å². The predicted molar refractivity (Wildman–Crippen MR) is 82.2 cm³/mol. The zero-order valence-electron chi connectivity index (χ0n) is 11.3. The second-order valence-corrected chi connectivity index (χ2v) is 4.69. The van der Waals surface area contributed by atoms with Crippen molar-refractivity contribution in [2.45, 2.75) is 6.18 Å². The molecule has 6 nitrogen and oxygen atoms in total. The summed E-state index contributed by atoms with van der Waals surface area (Å²) in [7, 11) is 0. The van der Waals surface area contributed by atoms with Crippen LogP contribution in [0.25, 0.3) is 0 Å². The van der Waals surface area contributed by atoms with Gasteiger partial charge in [0.15, 0.2) is 5.11 Å². The van der Waals surface area contributed by atoms with Crippen molar-refractivity contribution in [3.8, 4) is 0 Å². The van der Waals surface area contributed by atoms with Crippen LogP contribution in [-0.4, -0.2) is 15.0 Å². The molecule has 0 spiro atoms. The fraction of sp³-hybridized carbons (Fsp3) is 0.0769. The summed E-state index contributed by atoms with van der Waals surface area (Å²) in [6.07, 6.45) is -3.51. The number of halogens is 3. The third kappa shape index (κ3) is 4.36. The number of nitrogens with zero attached hydrogens (tertiary/aromatic N) is 2. The van der Waals surface area contributed by atoms with E-state index < -0.39 is 16.7 Å². The van der Waals surface area contributed by atoms with E-state index in [9.17, 15) is 23.3 Å². The molecular formula is C13H9F3N4O2S. The van der Waals surface area contributed by atoms with E-state index >= 15 is 0 Å². The van der Waals surface area contributed by atoms with Gasteiger partial charge in [0.25, 0.3) is 5.69 Å². The van der Waals surface area contributed by atoms with Gasteiger partial charge >= 0.3 is 6.18 Å². The first-order valence-electron chi connectivity index (χ1n) is 6.12. The number of hydrogen-bond acceptors (Lipinski definition) is 4. The molecular weight excluding hydrogens is 333 g/mol. The standard InChI is InChI=1S/C13H9F3N4O2S/c14-13(15,16)9-3-1-2-4-10(9)18-12(23)19-11-6-5-8(7-17-11)20(21)22/h1-7H,(H2,17,18,19,23). The lowest BCUT2D eigenvalue weighted by Gasteiger charge is -2.15. The Morgan fingerprint density at radius 1 is 1.17 bits per heavy atom. The van der Waals surface area contributed by atoms with Crippen LogP contribution >= 0.6 is 12.2 Å². The number of rotatable bonds is 3. The summed E-state index contributed by atoms with van der Waals surface area (Å²) in [6, 6.07) is 7.35. The van der Waals surface area contributed by atoms with E-state index in [4.69, 9.17) is 12.2 Å². The molecule has 120 valence electrons. The maximum absolute atomic E-state index is 12.9. The third-order valence-corrected chi connectivity index (χ3v) is 2.89. The molecule has 1 aromatic heterocycles. The smallest absolute Gasteiger partial charge is 0.332 e. The summed E-state index contributed by atoms with van der Waals surface area (Å²) < 4.78 is 38.6. The largest absolute Gasteiger partial charge is 0.418 e. The molecule has 0 aliphatic rings. The molecule has 0 amide bonds. The molecule has 0 atom stereocenters. The molecule has 0 radical (unpaired) electrons. The zero-order valence-corrected chi connectivity index (χ0v) is 12.1. The van der Waals surface area contributed by atoms with Crippen LogP contribution in [0.2, 0.25) is 0 Å². The molecule has 10 heteroatoms. The SMILES string of the molecule is O=[N+]([O-])c1ccc(NC(=S)Nc2ccccc2C(F)(F)F)nc1. The molecule has 0 bridgehead atoms. The van der Waals surface area contributed by atoms with Crippen molar-refractivity contribution in [3.63, 3.8) is 0 Å². The Hall–Kier alpha value is -2.75. The molecule has 1 aromatic carbocycles. The van der Waals surface area contributed by atoms with E-state index in [0.717, 1.165) is 12.3 Å². The Morgan fingerprint density at radius 2 is 1.87 bits per heavy atom. The Balaban J connectivity index is 2.10. The second-order valence-electron chi connectivity index (χ2n) is 4.28. The van der Waals surface area contributed by atoms with E-state index in [-0.39, 0.29) is 22.3 Å². The Kier molecular flexibility index (Phi) is 4.74. The highest BCUT2D eigenvalue weighted by molar-refractivity contribution is 7.80. The number of hydrogen-bond donors (Lipinski definition) is 2. The van der Waals surface area contributed by atoms with E-state index in [0.29, 0.717) is 0 Å². The lowest BCUT2D eigenvalue weighted by atomic mass is 10.2. The molecule has 23 heavy (non-hydrogen) atoms. The number of nitrogens with one attached hydrogen (secondary N) is 2. The fourth-order valence-corrected chi connectivity index (χ4v) is 1.89. The second kappa shape index (κ2) is 6.57. The first-order chi connectivity index (χ1) is 10.8. The summed E-state index contributed by atoms with van der Waals surface area (Å²) >= 11 is 4.92. The summed E-state index contributed by atoms with van der Waals surface area (Å²) in [4.78, 5) is 13.6. The van der Waals surface area contributed by atoms with Crippen molar-refractivity contribution in [3.05, 3.63) is 58.3 Å². The maximum Gasteiger partial charge on any atom is 0.418 e. The third-order valence-electron chi connectivity index (χ3n) is 2.68. The van der Waals surface area contributed by atoms with Gasteiger partial charge in [-0.2, -0.15) is 13.2 Å². The van der Waals surface area contributed by atoms with E-state index in [1.807, 2.05) is 0 Å². The summed E-state index contributed by atoms with van der Waals surface area (Å²) in [6.45, 7) is 0. The van der Waals surface area contributed by atoms with Crippen LogP contribution in [0.3, 0.4) is 0 Å². The lowest BCUT2D eigenvalue weighted by molar-refractivity contribution is -0.385. The minimum atomic E-state index is -4.52. The number of anilines is 2. The molecule has 2 rings (SSSR count). The van der Waals surface area contributed by atoms with Crippen LogP contribution in [0.5, 0.6) is 0 Å². The number of para-hydroxylation sites is 1. The van der Waals surface area contributed by atoms with Crippen molar-refractivity contribution >= 4 is 34.5 Å². The van der Waals surface area contributed by atoms with E-state index in [1.165, 1.54) is 30.3 Å². The lowest BCUT2D eigenvalue weighted by Crippen LogP contribution is -2.22. The van der Waals surface area contributed by atoms with Gasteiger partial charge in [0.2, 0.25) is 0 Å². The van der Waals surface area contributed by atoms with Crippen LogP contribution in [0.1, 0.15) is 5.56 Å². The van der Waals surface area contributed by atoms with Crippen molar-refractivity contribution < 1.29 is 18.1 Å². The van der Waals surface area contributed by atoms with Gasteiger partial charge in [-0.15, -0.1) is 0 Å². The summed E-state index contributed by atoms with van der Waals surface area (Å²) in [5.74, 6) is 0.164. The Morgan fingerprint density at radius 3 is 2.43 bits per heavy atom. The molecule has 0 saturated carbocycles. The normalized spacial score (nSPS) is 10.9. The first kappa shape index (κ1) is 16.6. The van der Waals surface area contributed by atoms with Crippen molar-refractivity contribution in [2.24, 2.45) is 0 Å². The van der Waals surface area contributed by atoms with Crippen molar-refractivity contribution in [1.82, 2.24) is 4.98 Å². The Bertz CT molecular complexity index is 735. The monoisotopic (exact) mass is 342 g/mol. The number of thiocarbonyl (C=S) groups is 1. The molecule has 2 N–H and O–H groups in total. The topological polar surface area (TPSA) is 80.1 Å². The van der Waals surface area contributed by atoms with Crippen LogP contribution in [0, 0.1) is 10.1 Å². The van der Waals surface area contributed by atoms with E-state index in [1.54, 1.807) is 0 Å². The minimum absolute atomic E-state index is 0.122. The number of pyridine rings is 1. The van der Waals surface area contributed by atoms with Gasteiger partial charge in [0, 0.05) is 6.07 Å². The molecule has 0 fully saturated rings. The molecule has 0 aliphatic heterocycles. The van der Waals surface area contributed by atoms with Crippen LogP contribution < -0.4 is 10.6 Å². The number of alkyl halides is 3.